The minimum atomic E-state index is -0.485. The summed E-state index contributed by atoms with van der Waals surface area (Å²) in [5, 5.41) is 13.1. The van der Waals surface area contributed by atoms with Crippen LogP contribution in [0.25, 0.3) is 11.0 Å². The lowest BCUT2D eigenvalue weighted by molar-refractivity contribution is -0.131. The number of anilines is 1. The number of nitriles is 1. The number of carbonyl (C=O) groups excluding carboxylic acids is 2. The number of pyridine rings is 1. The van der Waals surface area contributed by atoms with Crippen molar-refractivity contribution in [2.75, 3.05) is 38.7 Å². The van der Waals surface area contributed by atoms with Crippen molar-refractivity contribution in [1.82, 2.24) is 14.9 Å². The van der Waals surface area contributed by atoms with E-state index in [1.165, 1.54) is 13.3 Å². The quantitative estimate of drug-likeness (QED) is 0.539. The molecule has 2 N–H and O–H groups in total. The summed E-state index contributed by atoms with van der Waals surface area (Å²) in [6.07, 6.45) is 3.93. The van der Waals surface area contributed by atoms with Crippen molar-refractivity contribution in [1.29, 1.82) is 5.26 Å². The highest BCUT2D eigenvalue weighted by Crippen LogP contribution is 2.30. The lowest BCUT2D eigenvalue weighted by Crippen LogP contribution is -2.49. The lowest BCUT2D eigenvalue weighted by Gasteiger charge is -2.38. The molecule has 3 rings (SSSR count). The number of H-pyrrole nitrogens is 1. The van der Waals surface area contributed by atoms with E-state index in [2.05, 4.69) is 22.2 Å². The molecule has 1 aliphatic heterocycles. The first-order valence-electron chi connectivity index (χ1n) is 9.58. The van der Waals surface area contributed by atoms with E-state index in [0.717, 1.165) is 11.8 Å². The number of esters is 1. The van der Waals surface area contributed by atoms with Crippen LogP contribution < -0.4 is 5.32 Å². The predicted molar refractivity (Wildman–Crippen MR) is 106 cm³/mol. The Morgan fingerprint density at radius 2 is 2.28 bits per heavy atom. The zero-order chi connectivity index (χ0) is 20.8. The molecule has 0 aromatic carbocycles. The Labute approximate surface area is 169 Å². The third-order valence-electron chi connectivity index (χ3n) is 5.20. The van der Waals surface area contributed by atoms with Crippen LogP contribution in [0.5, 0.6) is 0 Å². The first-order chi connectivity index (χ1) is 14.0. The van der Waals surface area contributed by atoms with Crippen molar-refractivity contribution in [2.45, 2.75) is 25.8 Å². The maximum Gasteiger partial charge on any atom is 0.341 e. The molecule has 2 atom stereocenters. The molecule has 154 valence electrons. The molecule has 1 saturated heterocycles. The van der Waals surface area contributed by atoms with Gasteiger partial charge in [0.05, 0.1) is 18.4 Å². The number of nitrogens with zero attached hydrogens (tertiary/aromatic N) is 3. The molecule has 3 heterocycles. The van der Waals surface area contributed by atoms with Crippen LogP contribution in [0.15, 0.2) is 18.5 Å². The Bertz CT molecular complexity index is 919. The number of nitrogens with one attached hydrogen (secondary N) is 2. The van der Waals surface area contributed by atoms with Crippen LogP contribution in [0.3, 0.4) is 0 Å². The van der Waals surface area contributed by atoms with Crippen molar-refractivity contribution in [3.8, 4) is 6.07 Å². The van der Waals surface area contributed by atoms with Crippen LogP contribution in [-0.4, -0.2) is 66.2 Å². The second kappa shape index (κ2) is 9.39. The number of aromatic nitrogens is 2. The molecule has 1 fully saturated rings. The molecule has 29 heavy (non-hydrogen) atoms. The minimum Gasteiger partial charge on any atom is -0.460 e. The number of likely N-dealkylation sites (tertiary alicyclic amines) is 1. The van der Waals surface area contributed by atoms with Crippen molar-refractivity contribution < 1.29 is 19.1 Å². The lowest BCUT2D eigenvalue weighted by atomic mass is 9.92. The molecule has 1 amide bonds. The van der Waals surface area contributed by atoms with Crippen LogP contribution in [0.1, 0.15) is 30.1 Å². The Balaban J connectivity index is 1.86. The standard InChI is InChI=1S/C20H25N5O4/c1-13-5-8-25(17(26)3-6-21)12-16(13)24-18-14-4-7-22-19(14)23-11-15(18)20(27)29-10-9-28-2/h4,7,11,13,16H,3,5,8-10,12H2,1-2H3,(H2,22,23,24). The average molecular weight is 399 g/mol. The Hall–Kier alpha value is -3.12. The number of methoxy groups -OCH3 is 1. The summed E-state index contributed by atoms with van der Waals surface area (Å²) in [7, 11) is 1.54. The largest absolute Gasteiger partial charge is 0.460 e. The Kier molecular flexibility index (Phi) is 6.67. The fourth-order valence-corrected chi connectivity index (χ4v) is 3.46. The number of carbonyl (C=O) groups is 2. The number of amides is 1. The molecular formula is C20H25N5O4. The molecule has 0 radical (unpaired) electrons. The molecule has 2 unspecified atom stereocenters. The van der Waals surface area contributed by atoms with E-state index in [4.69, 9.17) is 14.7 Å². The van der Waals surface area contributed by atoms with Crippen LogP contribution in [0, 0.1) is 17.2 Å². The summed E-state index contributed by atoms with van der Waals surface area (Å²) in [6.45, 7) is 3.66. The number of hydrogen-bond acceptors (Lipinski definition) is 7. The molecule has 2 aromatic heterocycles. The number of hydrogen-bond donors (Lipinski definition) is 2. The smallest absolute Gasteiger partial charge is 0.341 e. The van der Waals surface area contributed by atoms with Gasteiger partial charge in [0.15, 0.2) is 0 Å². The van der Waals surface area contributed by atoms with Crippen molar-refractivity contribution in [2.24, 2.45) is 5.92 Å². The molecule has 0 spiro atoms. The summed E-state index contributed by atoms with van der Waals surface area (Å²) >= 11 is 0. The molecule has 2 aromatic rings. The van der Waals surface area contributed by atoms with Gasteiger partial charge in [-0.3, -0.25) is 4.79 Å². The third-order valence-corrected chi connectivity index (χ3v) is 5.20. The second-order valence-electron chi connectivity index (χ2n) is 7.11. The highest BCUT2D eigenvalue weighted by Gasteiger charge is 2.30. The fourth-order valence-electron chi connectivity index (χ4n) is 3.46. The van der Waals surface area contributed by atoms with E-state index >= 15 is 0 Å². The summed E-state index contributed by atoms with van der Waals surface area (Å²) in [5.74, 6) is -0.381. The van der Waals surface area contributed by atoms with Crippen LogP contribution in [0.2, 0.25) is 0 Å². The minimum absolute atomic E-state index is 0.0718. The van der Waals surface area contributed by atoms with Gasteiger partial charge in [0, 0.05) is 44.0 Å². The molecule has 0 saturated carbocycles. The van der Waals surface area contributed by atoms with E-state index in [-0.39, 0.29) is 30.9 Å². The van der Waals surface area contributed by atoms with Crippen molar-refractivity contribution in [3.05, 3.63) is 24.0 Å². The molecular weight excluding hydrogens is 374 g/mol. The van der Waals surface area contributed by atoms with E-state index in [1.807, 2.05) is 12.1 Å². The van der Waals surface area contributed by atoms with Crippen molar-refractivity contribution >= 4 is 28.6 Å². The number of piperidine rings is 1. The molecule has 9 heteroatoms. The van der Waals surface area contributed by atoms with Gasteiger partial charge in [0.2, 0.25) is 5.91 Å². The number of ether oxygens (including phenoxy) is 2. The summed E-state index contributed by atoms with van der Waals surface area (Å²) < 4.78 is 10.2. The Morgan fingerprint density at radius 1 is 1.45 bits per heavy atom. The SMILES string of the molecule is COCCOC(=O)c1cnc2[nH]ccc2c1NC1CN(C(=O)CC#N)CCC1C. The maximum absolute atomic E-state index is 12.6. The van der Waals surface area contributed by atoms with Gasteiger partial charge in [-0.2, -0.15) is 5.26 Å². The maximum atomic E-state index is 12.6. The summed E-state index contributed by atoms with van der Waals surface area (Å²) in [6, 6.07) is 3.69. The Morgan fingerprint density at radius 3 is 3.03 bits per heavy atom. The van der Waals surface area contributed by atoms with Crippen molar-refractivity contribution in [3.63, 3.8) is 0 Å². The average Bonchev–Trinajstić information content (AvgIpc) is 3.19. The fraction of sp³-hybridized carbons (Fsp3) is 0.500. The first kappa shape index (κ1) is 20.6. The van der Waals surface area contributed by atoms with Crippen LogP contribution in [-0.2, 0) is 14.3 Å². The summed E-state index contributed by atoms with van der Waals surface area (Å²) in [4.78, 5) is 33.8. The molecule has 1 aliphatic rings. The van der Waals surface area contributed by atoms with Gasteiger partial charge in [-0.25, -0.2) is 9.78 Å². The molecule has 0 bridgehead atoms. The van der Waals surface area contributed by atoms with E-state index < -0.39 is 5.97 Å². The van der Waals surface area contributed by atoms with Gasteiger partial charge < -0.3 is 24.7 Å². The van der Waals surface area contributed by atoms with Gasteiger partial charge >= 0.3 is 5.97 Å². The molecule has 0 aliphatic carbocycles. The van der Waals surface area contributed by atoms with Gasteiger partial charge in [-0.05, 0) is 18.4 Å². The number of fused-ring (bicyclic) bond motifs is 1. The van der Waals surface area contributed by atoms with Crippen LogP contribution in [0.4, 0.5) is 5.69 Å². The van der Waals surface area contributed by atoms with E-state index in [0.29, 0.717) is 36.6 Å². The van der Waals surface area contributed by atoms with Gasteiger partial charge in [-0.1, -0.05) is 6.92 Å². The predicted octanol–water partition coefficient (Wildman–Crippen LogP) is 1.93. The summed E-state index contributed by atoms with van der Waals surface area (Å²) in [5.41, 5.74) is 1.62. The normalized spacial score (nSPS) is 19.0. The highest BCUT2D eigenvalue weighted by atomic mass is 16.6. The first-order valence-corrected chi connectivity index (χ1v) is 9.58. The van der Waals surface area contributed by atoms with Crippen LogP contribution >= 0.6 is 0 Å². The number of rotatable bonds is 7. The highest BCUT2D eigenvalue weighted by molar-refractivity contribution is 6.04. The topological polar surface area (TPSA) is 120 Å². The van der Waals surface area contributed by atoms with Gasteiger partial charge in [-0.15, -0.1) is 0 Å². The molecule has 9 nitrogen and oxygen atoms in total. The number of aromatic amines is 1. The second-order valence-corrected chi connectivity index (χ2v) is 7.11. The van der Waals surface area contributed by atoms with Gasteiger partial charge in [0.25, 0.3) is 0 Å². The van der Waals surface area contributed by atoms with E-state index in [9.17, 15) is 9.59 Å². The third kappa shape index (κ3) is 4.66. The zero-order valence-corrected chi connectivity index (χ0v) is 16.6. The zero-order valence-electron chi connectivity index (χ0n) is 16.6. The van der Waals surface area contributed by atoms with Gasteiger partial charge in [0.1, 0.15) is 24.2 Å². The van der Waals surface area contributed by atoms with E-state index in [1.54, 1.807) is 11.1 Å². The monoisotopic (exact) mass is 399 g/mol.